The molecule has 0 aliphatic carbocycles. The minimum Gasteiger partial charge on any atom is -0.444 e. The molecule has 1 amide bonds. The van der Waals surface area contributed by atoms with Crippen molar-refractivity contribution in [1.29, 1.82) is 0 Å². The Hall–Kier alpha value is -3.25. The lowest BCUT2D eigenvalue weighted by molar-refractivity contribution is 0.0479. The zero-order valence-electron chi connectivity index (χ0n) is 19.1. The summed E-state index contributed by atoms with van der Waals surface area (Å²) in [6, 6.07) is 18.0. The molecule has 0 heterocycles. The number of aliphatic hydroxyl groups is 1. The first-order valence-corrected chi connectivity index (χ1v) is 10.9. The molecule has 33 heavy (non-hydrogen) atoms. The lowest BCUT2D eigenvalue weighted by atomic mass is 9.94. The van der Waals surface area contributed by atoms with Gasteiger partial charge in [0.15, 0.2) is 0 Å². The van der Waals surface area contributed by atoms with Crippen LogP contribution in [0.4, 0.5) is 13.6 Å². The number of carbonyl (C=O) groups excluding carboxylic acids is 1. The summed E-state index contributed by atoms with van der Waals surface area (Å²) in [7, 11) is 0. The van der Waals surface area contributed by atoms with Crippen molar-refractivity contribution in [3.05, 3.63) is 83.9 Å². The molecule has 0 radical (unpaired) electrons. The standard InChI is InChI=1S/C27H29F2NO3/c1-27(2,3)33-26(32)30-25(17-31)13-4-18-14-21(19-5-9-23(28)10-6-19)16-22(15-18)20-7-11-24(29)12-8-20/h5-12,14-16,25,31H,4,13,17H2,1-3H3,(H,30,32)/t25-/m1/s1. The van der Waals surface area contributed by atoms with Crippen LogP contribution in [0, 0.1) is 11.6 Å². The molecule has 3 aromatic rings. The van der Waals surface area contributed by atoms with Crippen LogP contribution in [0.2, 0.25) is 0 Å². The summed E-state index contributed by atoms with van der Waals surface area (Å²) >= 11 is 0. The molecule has 0 aliphatic heterocycles. The smallest absolute Gasteiger partial charge is 0.407 e. The molecule has 0 saturated heterocycles. The van der Waals surface area contributed by atoms with Crippen LogP contribution in [0.3, 0.4) is 0 Å². The van der Waals surface area contributed by atoms with Gasteiger partial charge in [0.2, 0.25) is 0 Å². The number of aryl methyl sites for hydroxylation is 1. The van der Waals surface area contributed by atoms with Gasteiger partial charge >= 0.3 is 6.09 Å². The molecule has 2 N–H and O–H groups in total. The number of hydrogen-bond donors (Lipinski definition) is 2. The SMILES string of the molecule is CC(C)(C)OC(=O)N[C@@H](CO)CCc1cc(-c2ccc(F)cc2)cc(-c2ccc(F)cc2)c1. The number of nitrogens with one attached hydrogen (secondary N) is 1. The lowest BCUT2D eigenvalue weighted by Crippen LogP contribution is -2.41. The molecule has 0 aromatic heterocycles. The third-order valence-corrected chi connectivity index (χ3v) is 5.07. The average Bonchev–Trinajstić information content (AvgIpc) is 2.76. The predicted molar refractivity (Wildman–Crippen MR) is 126 cm³/mol. The molecule has 0 bridgehead atoms. The fourth-order valence-corrected chi connectivity index (χ4v) is 3.48. The number of aliphatic hydroxyl groups excluding tert-OH is 1. The van der Waals surface area contributed by atoms with Crippen LogP contribution in [0.25, 0.3) is 22.3 Å². The minimum absolute atomic E-state index is 0.221. The highest BCUT2D eigenvalue weighted by Crippen LogP contribution is 2.29. The Morgan fingerprint density at radius 3 is 1.79 bits per heavy atom. The molecule has 6 heteroatoms. The van der Waals surface area contributed by atoms with Gasteiger partial charge in [0.1, 0.15) is 17.2 Å². The van der Waals surface area contributed by atoms with E-state index in [1.165, 1.54) is 24.3 Å². The van der Waals surface area contributed by atoms with Crippen LogP contribution in [0.1, 0.15) is 32.8 Å². The number of halogens is 2. The monoisotopic (exact) mass is 453 g/mol. The molecule has 3 aromatic carbocycles. The second-order valence-corrected chi connectivity index (χ2v) is 9.00. The van der Waals surface area contributed by atoms with Gasteiger partial charge < -0.3 is 15.2 Å². The van der Waals surface area contributed by atoms with Crippen LogP contribution in [0.15, 0.2) is 66.7 Å². The maximum atomic E-state index is 13.4. The summed E-state index contributed by atoms with van der Waals surface area (Å²) < 4.78 is 32.1. The molecule has 0 fully saturated rings. The third-order valence-electron chi connectivity index (χ3n) is 5.07. The largest absolute Gasteiger partial charge is 0.444 e. The van der Waals surface area contributed by atoms with Crippen molar-refractivity contribution >= 4 is 6.09 Å². The minimum atomic E-state index is -0.627. The zero-order valence-corrected chi connectivity index (χ0v) is 19.1. The number of amides is 1. The van der Waals surface area contributed by atoms with Crippen molar-refractivity contribution in [3.63, 3.8) is 0 Å². The quantitative estimate of drug-likeness (QED) is 0.453. The van der Waals surface area contributed by atoms with Crippen LogP contribution in [0.5, 0.6) is 0 Å². The highest BCUT2D eigenvalue weighted by molar-refractivity contribution is 5.74. The Kier molecular flexibility index (Phi) is 7.82. The van der Waals surface area contributed by atoms with Crippen LogP contribution >= 0.6 is 0 Å². The Bertz CT molecular complexity index is 1010. The van der Waals surface area contributed by atoms with Gasteiger partial charge in [-0.15, -0.1) is 0 Å². The van der Waals surface area contributed by atoms with E-state index in [0.29, 0.717) is 12.8 Å². The molecule has 0 aliphatic rings. The molecule has 1 atom stereocenters. The van der Waals surface area contributed by atoms with E-state index < -0.39 is 17.7 Å². The summed E-state index contributed by atoms with van der Waals surface area (Å²) in [4.78, 5) is 12.1. The molecule has 0 spiro atoms. The normalized spacial score (nSPS) is 12.3. The third kappa shape index (κ3) is 7.39. The van der Waals surface area contributed by atoms with Crippen molar-refractivity contribution in [2.45, 2.75) is 45.3 Å². The molecular formula is C27H29F2NO3. The molecular weight excluding hydrogens is 424 g/mol. The first-order chi connectivity index (χ1) is 15.6. The van der Waals surface area contributed by atoms with Crippen LogP contribution in [-0.4, -0.2) is 29.4 Å². The summed E-state index contributed by atoms with van der Waals surface area (Å²) in [5.41, 5.74) is 3.84. The number of benzene rings is 3. The predicted octanol–water partition coefficient (Wildman–Crippen LogP) is 6.12. The number of alkyl carbamates (subject to hydrolysis) is 1. The van der Waals surface area contributed by atoms with Crippen molar-refractivity contribution in [1.82, 2.24) is 5.32 Å². The van der Waals surface area contributed by atoms with Gasteiger partial charge in [0.25, 0.3) is 0 Å². The van der Waals surface area contributed by atoms with Gasteiger partial charge in [-0.05, 0) is 91.8 Å². The van der Waals surface area contributed by atoms with Crippen LogP contribution < -0.4 is 5.32 Å². The van der Waals surface area contributed by atoms with Crippen molar-refractivity contribution in [2.75, 3.05) is 6.61 Å². The highest BCUT2D eigenvalue weighted by atomic mass is 19.1. The van der Waals surface area contributed by atoms with Gasteiger partial charge in [-0.2, -0.15) is 0 Å². The lowest BCUT2D eigenvalue weighted by Gasteiger charge is -2.23. The first-order valence-electron chi connectivity index (χ1n) is 10.9. The van der Waals surface area contributed by atoms with Crippen LogP contribution in [-0.2, 0) is 11.2 Å². The second-order valence-electron chi connectivity index (χ2n) is 9.00. The van der Waals surface area contributed by atoms with Gasteiger partial charge in [0.05, 0.1) is 12.6 Å². The maximum absolute atomic E-state index is 13.4. The maximum Gasteiger partial charge on any atom is 0.407 e. The molecule has 4 nitrogen and oxygen atoms in total. The summed E-state index contributed by atoms with van der Waals surface area (Å²) in [5, 5.41) is 12.4. The average molecular weight is 454 g/mol. The fourth-order valence-electron chi connectivity index (χ4n) is 3.48. The highest BCUT2D eigenvalue weighted by Gasteiger charge is 2.19. The number of ether oxygens (including phenoxy) is 1. The summed E-state index contributed by atoms with van der Waals surface area (Å²) in [5.74, 6) is -0.625. The topological polar surface area (TPSA) is 58.6 Å². The molecule has 0 unspecified atom stereocenters. The van der Waals surface area contributed by atoms with E-state index in [0.717, 1.165) is 27.8 Å². The first kappa shape index (κ1) is 24.4. The number of hydrogen-bond acceptors (Lipinski definition) is 3. The Morgan fingerprint density at radius 1 is 0.879 bits per heavy atom. The Balaban J connectivity index is 1.84. The Labute approximate surface area is 193 Å². The summed E-state index contributed by atoms with van der Waals surface area (Å²) in [6.45, 7) is 5.11. The second kappa shape index (κ2) is 10.6. The summed E-state index contributed by atoms with van der Waals surface area (Å²) in [6.07, 6.45) is 0.490. The molecule has 0 saturated carbocycles. The van der Waals surface area contributed by atoms with E-state index in [9.17, 15) is 18.7 Å². The van der Waals surface area contributed by atoms with Crippen molar-refractivity contribution in [2.24, 2.45) is 0 Å². The van der Waals surface area contributed by atoms with E-state index in [1.54, 1.807) is 45.0 Å². The van der Waals surface area contributed by atoms with Gasteiger partial charge in [0, 0.05) is 0 Å². The Morgan fingerprint density at radius 2 is 1.36 bits per heavy atom. The van der Waals surface area contributed by atoms with E-state index >= 15 is 0 Å². The van der Waals surface area contributed by atoms with E-state index in [4.69, 9.17) is 4.74 Å². The molecule has 3 rings (SSSR count). The fraction of sp³-hybridized carbons (Fsp3) is 0.296. The van der Waals surface area contributed by atoms with E-state index in [1.807, 2.05) is 18.2 Å². The van der Waals surface area contributed by atoms with Gasteiger partial charge in [-0.3, -0.25) is 0 Å². The van der Waals surface area contributed by atoms with E-state index in [2.05, 4.69) is 5.32 Å². The number of carbonyl (C=O) groups is 1. The van der Waals surface area contributed by atoms with Gasteiger partial charge in [-0.1, -0.05) is 36.4 Å². The van der Waals surface area contributed by atoms with Gasteiger partial charge in [-0.25, -0.2) is 13.6 Å². The van der Waals surface area contributed by atoms with Crippen molar-refractivity contribution in [3.8, 4) is 22.3 Å². The number of rotatable bonds is 7. The van der Waals surface area contributed by atoms with Crippen molar-refractivity contribution < 1.29 is 23.4 Å². The van der Waals surface area contributed by atoms with E-state index in [-0.39, 0.29) is 18.2 Å². The molecule has 174 valence electrons. The zero-order chi connectivity index (χ0) is 24.0.